The van der Waals surface area contributed by atoms with Crippen molar-refractivity contribution >= 4 is 5.97 Å². The van der Waals surface area contributed by atoms with Gasteiger partial charge in [0.25, 0.3) is 0 Å². The number of rotatable bonds is 5. The van der Waals surface area contributed by atoms with Gasteiger partial charge in [0.05, 0.1) is 13.7 Å². The average molecular weight is 266 g/mol. The molecule has 4 heteroatoms. The van der Waals surface area contributed by atoms with Crippen molar-refractivity contribution in [1.29, 1.82) is 0 Å². The molecule has 0 radical (unpaired) electrons. The lowest BCUT2D eigenvalue weighted by atomic mass is 9.86. The molecule has 0 saturated heterocycles. The Morgan fingerprint density at radius 2 is 1.95 bits per heavy atom. The van der Waals surface area contributed by atoms with Crippen molar-refractivity contribution in [3.05, 3.63) is 23.8 Å². The Bertz CT molecular complexity index is 432. The minimum atomic E-state index is -0.363. The van der Waals surface area contributed by atoms with Crippen LogP contribution in [0.2, 0.25) is 0 Å². The van der Waals surface area contributed by atoms with Crippen LogP contribution in [0.15, 0.2) is 18.2 Å². The van der Waals surface area contributed by atoms with Gasteiger partial charge >= 0.3 is 5.97 Å². The van der Waals surface area contributed by atoms with Gasteiger partial charge in [-0.05, 0) is 30.5 Å². The zero-order valence-electron chi connectivity index (χ0n) is 12.3. The first-order chi connectivity index (χ1) is 8.88. The van der Waals surface area contributed by atoms with Gasteiger partial charge in [-0.25, -0.2) is 4.79 Å². The van der Waals surface area contributed by atoms with Gasteiger partial charge in [-0.3, -0.25) is 0 Å². The van der Waals surface area contributed by atoms with Crippen LogP contribution >= 0.6 is 0 Å². The summed E-state index contributed by atoms with van der Waals surface area (Å²) in [6.45, 7) is 8.29. The Balaban J connectivity index is 2.91. The van der Waals surface area contributed by atoms with Crippen molar-refractivity contribution in [1.82, 2.24) is 0 Å². The Hall–Kier alpha value is -1.71. The molecule has 0 atom stereocenters. The van der Waals surface area contributed by atoms with Crippen molar-refractivity contribution in [3.8, 4) is 11.5 Å². The van der Waals surface area contributed by atoms with Crippen LogP contribution in [-0.4, -0.2) is 26.3 Å². The second-order valence-corrected chi connectivity index (χ2v) is 5.21. The molecule has 0 spiro atoms. The van der Waals surface area contributed by atoms with Gasteiger partial charge in [-0.2, -0.15) is 0 Å². The van der Waals surface area contributed by atoms with Crippen LogP contribution in [0.5, 0.6) is 11.5 Å². The first-order valence-electron chi connectivity index (χ1n) is 6.35. The van der Waals surface area contributed by atoms with Gasteiger partial charge < -0.3 is 14.2 Å². The fourth-order valence-electron chi connectivity index (χ4n) is 1.69. The summed E-state index contributed by atoms with van der Waals surface area (Å²) in [6.07, 6.45) is 0. The molecule has 0 aliphatic heterocycles. The monoisotopic (exact) mass is 266 g/mol. The number of methoxy groups -OCH3 is 1. The molecule has 0 aliphatic rings. The Kier molecular flexibility index (Phi) is 5.21. The Morgan fingerprint density at radius 3 is 2.47 bits per heavy atom. The largest absolute Gasteiger partial charge is 0.497 e. The molecule has 0 bridgehead atoms. The summed E-state index contributed by atoms with van der Waals surface area (Å²) < 4.78 is 15.6. The molecule has 0 aromatic heterocycles. The van der Waals surface area contributed by atoms with Gasteiger partial charge in [0.15, 0.2) is 6.61 Å². The normalized spacial score (nSPS) is 11.0. The molecule has 0 amide bonds. The lowest BCUT2D eigenvalue weighted by Crippen LogP contribution is -2.18. The van der Waals surface area contributed by atoms with Gasteiger partial charge in [-0.15, -0.1) is 0 Å². The molecule has 1 rings (SSSR count). The van der Waals surface area contributed by atoms with E-state index in [1.165, 1.54) is 0 Å². The Morgan fingerprint density at radius 1 is 1.26 bits per heavy atom. The number of carbonyl (C=O) groups excluding carboxylic acids is 1. The number of hydrogen-bond acceptors (Lipinski definition) is 4. The highest BCUT2D eigenvalue weighted by molar-refractivity contribution is 5.71. The van der Waals surface area contributed by atoms with Crippen molar-refractivity contribution in [2.24, 2.45) is 0 Å². The van der Waals surface area contributed by atoms with Crippen molar-refractivity contribution < 1.29 is 19.0 Å². The predicted molar refractivity (Wildman–Crippen MR) is 73.8 cm³/mol. The van der Waals surface area contributed by atoms with E-state index in [2.05, 4.69) is 20.8 Å². The number of ether oxygens (including phenoxy) is 3. The van der Waals surface area contributed by atoms with Crippen LogP contribution in [0.1, 0.15) is 33.3 Å². The summed E-state index contributed by atoms with van der Waals surface area (Å²) in [5, 5.41) is 0. The highest BCUT2D eigenvalue weighted by Crippen LogP contribution is 2.34. The van der Waals surface area contributed by atoms with Crippen molar-refractivity contribution in [3.63, 3.8) is 0 Å². The summed E-state index contributed by atoms with van der Waals surface area (Å²) >= 11 is 0. The maximum Gasteiger partial charge on any atom is 0.344 e. The number of esters is 1. The standard InChI is InChI=1S/C15H22O4/c1-6-18-14(16)10-19-13-8-7-11(17-5)9-12(13)15(2,3)4/h7-9H,6,10H2,1-5H3. The second-order valence-electron chi connectivity index (χ2n) is 5.21. The van der Waals surface area contributed by atoms with E-state index in [1.54, 1.807) is 14.0 Å². The Labute approximate surface area is 114 Å². The summed E-state index contributed by atoms with van der Waals surface area (Å²) in [7, 11) is 1.63. The molecule has 0 saturated carbocycles. The minimum absolute atomic E-state index is 0.0801. The van der Waals surface area contributed by atoms with Crippen LogP contribution in [0.25, 0.3) is 0 Å². The highest BCUT2D eigenvalue weighted by atomic mass is 16.6. The van der Waals surface area contributed by atoms with Gasteiger partial charge in [-0.1, -0.05) is 20.8 Å². The quantitative estimate of drug-likeness (QED) is 0.769. The first-order valence-corrected chi connectivity index (χ1v) is 6.35. The SMILES string of the molecule is CCOC(=O)COc1ccc(OC)cc1C(C)(C)C. The molecule has 0 aliphatic carbocycles. The van der Waals surface area contributed by atoms with Crippen LogP contribution in [-0.2, 0) is 14.9 Å². The fourth-order valence-corrected chi connectivity index (χ4v) is 1.69. The topological polar surface area (TPSA) is 44.8 Å². The highest BCUT2D eigenvalue weighted by Gasteiger charge is 2.20. The van der Waals surface area contributed by atoms with E-state index in [0.717, 1.165) is 11.3 Å². The number of hydrogen-bond donors (Lipinski definition) is 0. The van der Waals surface area contributed by atoms with E-state index in [0.29, 0.717) is 12.4 Å². The zero-order valence-corrected chi connectivity index (χ0v) is 12.3. The lowest BCUT2D eigenvalue weighted by molar-refractivity contribution is -0.145. The van der Waals surface area contributed by atoms with Gasteiger partial charge in [0.1, 0.15) is 11.5 Å². The van der Waals surface area contributed by atoms with Crippen LogP contribution < -0.4 is 9.47 Å². The first kappa shape index (κ1) is 15.3. The molecular formula is C15H22O4. The van der Waals surface area contributed by atoms with E-state index in [9.17, 15) is 4.79 Å². The summed E-state index contributed by atoms with van der Waals surface area (Å²) in [6, 6.07) is 5.56. The van der Waals surface area contributed by atoms with Crippen molar-refractivity contribution in [2.45, 2.75) is 33.1 Å². The zero-order chi connectivity index (χ0) is 14.5. The predicted octanol–water partition coefficient (Wildman–Crippen LogP) is 2.93. The molecule has 0 fully saturated rings. The van der Waals surface area contributed by atoms with E-state index < -0.39 is 0 Å². The molecule has 0 unspecified atom stereocenters. The van der Waals surface area contributed by atoms with E-state index in [4.69, 9.17) is 14.2 Å². The molecule has 1 aromatic rings. The average Bonchev–Trinajstić information content (AvgIpc) is 2.35. The van der Waals surface area contributed by atoms with E-state index >= 15 is 0 Å². The van der Waals surface area contributed by atoms with Crippen LogP contribution in [0, 0.1) is 0 Å². The van der Waals surface area contributed by atoms with Gasteiger partial charge in [0.2, 0.25) is 0 Å². The van der Waals surface area contributed by atoms with Crippen LogP contribution in [0.3, 0.4) is 0 Å². The van der Waals surface area contributed by atoms with Gasteiger partial charge in [0, 0.05) is 5.56 Å². The maximum atomic E-state index is 11.3. The smallest absolute Gasteiger partial charge is 0.344 e. The summed E-state index contributed by atoms with van der Waals surface area (Å²) in [5.41, 5.74) is 0.898. The number of benzene rings is 1. The molecular weight excluding hydrogens is 244 g/mol. The molecule has 0 N–H and O–H groups in total. The third kappa shape index (κ3) is 4.47. The van der Waals surface area contributed by atoms with E-state index in [1.807, 2.05) is 18.2 Å². The third-order valence-electron chi connectivity index (χ3n) is 2.65. The molecule has 4 nitrogen and oxygen atoms in total. The third-order valence-corrected chi connectivity index (χ3v) is 2.65. The molecule has 106 valence electrons. The van der Waals surface area contributed by atoms with E-state index in [-0.39, 0.29) is 18.0 Å². The summed E-state index contributed by atoms with van der Waals surface area (Å²) in [4.78, 5) is 11.3. The number of carbonyl (C=O) groups is 1. The fraction of sp³-hybridized carbons (Fsp3) is 0.533. The van der Waals surface area contributed by atoms with Crippen LogP contribution in [0.4, 0.5) is 0 Å². The maximum absolute atomic E-state index is 11.3. The molecule has 1 aromatic carbocycles. The second kappa shape index (κ2) is 6.45. The molecule has 0 heterocycles. The molecule has 19 heavy (non-hydrogen) atoms. The lowest BCUT2D eigenvalue weighted by Gasteiger charge is -2.23. The van der Waals surface area contributed by atoms with Crippen molar-refractivity contribution in [2.75, 3.05) is 20.3 Å². The summed E-state index contributed by atoms with van der Waals surface area (Å²) in [5.74, 6) is 1.09. The minimum Gasteiger partial charge on any atom is -0.497 e.